The second kappa shape index (κ2) is 21.7. The lowest BCUT2D eigenvalue weighted by Crippen LogP contribution is -2.61. The molecule has 2 N–H and O–H groups in total. The third-order valence-electron chi connectivity index (χ3n) is 11.3. The largest absolute Gasteiger partial charge is 0.447 e. The molecule has 4 aromatic rings. The van der Waals surface area contributed by atoms with Gasteiger partial charge in [-0.2, -0.15) is 0 Å². The number of halogens is 1. The van der Waals surface area contributed by atoms with E-state index >= 15 is 0 Å². The van der Waals surface area contributed by atoms with Gasteiger partial charge >= 0.3 is 6.09 Å². The van der Waals surface area contributed by atoms with Crippen molar-refractivity contribution in [3.05, 3.63) is 154 Å². The number of carbonyl (C=O) groups is 3. The summed E-state index contributed by atoms with van der Waals surface area (Å²) < 4.78 is 43.1. The zero-order valence-corrected chi connectivity index (χ0v) is 36.0. The van der Waals surface area contributed by atoms with Crippen molar-refractivity contribution in [1.29, 1.82) is 0 Å². The SMILES string of the molecule is CO[C@H]1O[C@H](CO)[C@@H](OCc2ccccc2)[C@H](OCc2ccccc2)[C@@H]1OCCC[C@]1(O)O[C@H]([C@H](Cc2ccccc2)C(=O)N2C(=O)OC[C@H]2Cc2ccccc2)C(=O)C=C1Br. The topological polar surface area (TPSA) is 160 Å². The van der Waals surface area contributed by atoms with Crippen LogP contribution in [0.2, 0.25) is 0 Å². The predicted octanol–water partition coefficient (Wildman–Crippen LogP) is 6.07. The lowest BCUT2D eigenvalue weighted by Gasteiger charge is -2.45. The van der Waals surface area contributed by atoms with Crippen molar-refractivity contribution in [3.63, 3.8) is 0 Å². The first-order valence-corrected chi connectivity index (χ1v) is 21.6. The summed E-state index contributed by atoms with van der Waals surface area (Å²) in [6, 6.07) is 37.2. The van der Waals surface area contributed by atoms with Crippen LogP contribution in [0.1, 0.15) is 35.1 Å². The van der Waals surface area contributed by atoms with Gasteiger partial charge in [-0.15, -0.1) is 0 Å². The Morgan fingerprint density at radius 1 is 0.806 bits per heavy atom. The molecule has 0 aliphatic carbocycles. The minimum absolute atomic E-state index is 0.00104. The van der Waals surface area contributed by atoms with Crippen molar-refractivity contribution in [3.8, 4) is 0 Å². The van der Waals surface area contributed by atoms with Gasteiger partial charge in [0.1, 0.15) is 37.1 Å². The molecule has 62 heavy (non-hydrogen) atoms. The fraction of sp³-hybridized carbons (Fsp3) is 0.396. The zero-order chi connectivity index (χ0) is 43.5. The highest BCUT2D eigenvalue weighted by Gasteiger charge is 2.51. The van der Waals surface area contributed by atoms with E-state index in [1.807, 2.05) is 121 Å². The quantitative estimate of drug-likeness (QED) is 0.105. The molecule has 14 heteroatoms. The summed E-state index contributed by atoms with van der Waals surface area (Å²) in [6.07, 6.45) is -4.54. The smallest absolute Gasteiger partial charge is 0.416 e. The summed E-state index contributed by atoms with van der Waals surface area (Å²) in [4.78, 5) is 42.6. The van der Waals surface area contributed by atoms with E-state index in [9.17, 15) is 24.6 Å². The molecule has 2 fully saturated rings. The van der Waals surface area contributed by atoms with Crippen LogP contribution in [0.5, 0.6) is 0 Å². The van der Waals surface area contributed by atoms with Crippen LogP contribution >= 0.6 is 15.9 Å². The highest BCUT2D eigenvalue weighted by Crippen LogP contribution is 2.38. The second-order valence-corrected chi connectivity index (χ2v) is 16.4. The van der Waals surface area contributed by atoms with E-state index in [4.69, 9.17) is 33.2 Å². The third kappa shape index (κ3) is 11.1. The van der Waals surface area contributed by atoms with Crippen molar-refractivity contribution < 1.29 is 57.8 Å². The van der Waals surface area contributed by atoms with E-state index in [1.165, 1.54) is 13.2 Å². The van der Waals surface area contributed by atoms with Crippen molar-refractivity contribution in [2.75, 3.05) is 26.9 Å². The molecule has 0 spiro atoms. The number of aliphatic hydroxyl groups is 2. The summed E-state index contributed by atoms with van der Waals surface area (Å²) >= 11 is 3.37. The Hall–Kier alpha value is -4.61. The number of carbonyl (C=O) groups excluding carboxylic acids is 3. The number of methoxy groups -OCH3 is 1. The molecule has 2 amide bonds. The first kappa shape index (κ1) is 45.4. The molecule has 13 nitrogen and oxygen atoms in total. The van der Waals surface area contributed by atoms with Gasteiger partial charge in [0.05, 0.1) is 36.3 Å². The molecule has 3 aliphatic heterocycles. The summed E-state index contributed by atoms with van der Waals surface area (Å²) in [7, 11) is 1.48. The molecule has 7 rings (SSSR count). The number of ketones is 1. The number of benzene rings is 4. The second-order valence-electron chi connectivity index (χ2n) is 15.6. The Bertz CT molecular complexity index is 2090. The molecule has 0 unspecified atom stereocenters. The highest BCUT2D eigenvalue weighted by atomic mass is 79.9. The normalized spacial score (nSPS) is 26.8. The lowest BCUT2D eigenvalue weighted by molar-refractivity contribution is -0.320. The van der Waals surface area contributed by atoms with Crippen LogP contribution in [-0.4, -0.2) is 108 Å². The fourth-order valence-corrected chi connectivity index (χ4v) is 8.60. The van der Waals surface area contributed by atoms with E-state index in [2.05, 4.69) is 15.9 Å². The third-order valence-corrected chi connectivity index (χ3v) is 12.1. The molecule has 0 radical (unpaired) electrons. The Labute approximate surface area is 369 Å². The van der Waals surface area contributed by atoms with Gasteiger partial charge < -0.3 is 43.4 Å². The van der Waals surface area contributed by atoms with Crippen LogP contribution in [0.4, 0.5) is 4.79 Å². The maximum absolute atomic E-state index is 14.6. The van der Waals surface area contributed by atoms with Crippen LogP contribution in [0.25, 0.3) is 0 Å². The maximum atomic E-state index is 14.6. The number of imide groups is 1. The molecular weight excluding hydrogens is 862 g/mol. The lowest BCUT2D eigenvalue weighted by atomic mass is 9.87. The average molecular weight is 915 g/mol. The molecule has 328 valence electrons. The molecule has 2 saturated heterocycles. The molecule has 0 aromatic heterocycles. The van der Waals surface area contributed by atoms with Crippen LogP contribution in [-0.2, 0) is 68.8 Å². The van der Waals surface area contributed by atoms with Gasteiger partial charge in [-0.3, -0.25) is 9.59 Å². The maximum Gasteiger partial charge on any atom is 0.416 e. The van der Waals surface area contributed by atoms with Gasteiger partial charge in [0, 0.05) is 20.1 Å². The Morgan fingerprint density at radius 3 is 1.95 bits per heavy atom. The van der Waals surface area contributed by atoms with E-state index < -0.39 is 72.3 Å². The molecule has 3 aliphatic rings. The average Bonchev–Trinajstić information content (AvgIpc) is 3.66. The monoisotopic (exact) mass is 913 g/mol. The van der Waals surface area contributed by atoms with Gasteiger partial charge in [0.2, 0.25) is 5.91 Å². The van der Waals surface area contributed by atoms with Crippen LogP contribution in [0, 0.1) is 5.92 Å². The van der Waals surface area contributed by atoms with E-state index in [1.54, 1.807) is 0 Å². The van der Waals surface area contributed by atoms with Crippen LogP contribution in [0.15, 0.2) is 132 Å². The first-order valence-electron chi connectivity index (χ1n) is 20.8. The first-order chi connectivity index (χ1) is 30.2. The molecule has 3 heterocycles. The molecule has 4 aromatic carbocycles. The van der Waals surface area contributed by atoms with Crippen LogP contribution in [0.3, 0.4) is 0 Å². The number of hydrogen-bond acceptors (Lipinski definition) is 12. The van der Waals surface area contributed by atoms with E-state index in [0.29, 0.717) is 6.42 Å². The fourth-order valence-electron chi connectivity index (χ4n) is 8.09. The van der Waals surface area contributed by atoms with Crippen molar-refractivity contribution in [1.82, 2.24) is 4.90 Å². The number of rotatable bonds is 19. The van der Waals surface area contributed by atoms with Crippen LogP contribution < -0.4 is 0 Å². The van der Waals surface area contributed by atoms with Gasteiger partial charge in [0.15, 0.2) is 17.9 Å². The minimum atomic E-state index is -2.04. The zero-order valence-electron chi connectivity index (χ0n) is 34.4. The van der Waals surface area contributed by atoms with Gasteiger partial charge in [-0.25, -0.2) is 9.69 Å². The van der Waals surface area contributed by atoms with Crippen molar-refractivity contribution in [2.24, 2.45) is 5.92 Å². The number of ether oxygens (including phenoxy) is 7. The Balaban J connectivity index is 1.07. The van der Waals surface area contributed by atoms with Gasteiger partial charge in [0.25, 0.3) is 0 Å². The molecule has 0 bridgehead atoms. The van der Waals surface area contributed by atoms with Crippen molar-refractivity contribution in [2.45, 2.75) is 87.5 Å². The predicted molar refractivity (Wildman–Crippen MR) is 229 cm³/mol. The molecular formula is C48H52BrNO12. The van der Waals surface area contributed by atoms with Crippen molar-refractivity contribution >= 4 is 33.7 Å². The number of aliphatic hydroxyl groups excluding tert-OH is 1. The number of amides is 2. The Kier molecular flexibility index (Phi) is 15.9. The van der Waals surface area contributed by atoms with E-state index in [-0.39, 0.29) is 56.8 Å². The van der Waals surface area contributed by atoms with Gasteiger partial charge in [-0.05, 0) is 63.5 Å². The molecule has 9 atom stereocenters. The van der Waals surface area contributed by atoms with E-state index in [0.717, 1.165) is 27.2 Å². The number of cyclic esters (lactones) is 1. The van der Waals surface area contributed by atoms with Gasteiger partial charge in [-0.1, -0.05) is 121 Å². The summed E-state index contributed by atoms with van der Waals surface area (Å²) in [5, 5.41) is 22.5. The summed E-state index contributed by atoms with van der Waals surface area (Å²) in [5.41, 5.74) is 3.49. The summed E-state index contributed by atoms with van der Waals surface area (Å²) in [6.45, 7) is 0.137. The summed E-state index contributed by atoms with van der Waals surface area (Å²) in [5.74, 6) is -4.41. The standard InChI is InChI=1S/C48H52BrNO12/c1-56-46-44(43(59-30-35-21-12-5-13-22-35)42(39(28-51)61-46)58-29-34-19-10-4-11-20-34)57-24-14-23-48(55)40(49)27-38(52)41(62-48)37(26-33-17-8-3-9-18-33)45(53)50-36(31-60-47(50)54)25-32-15-6-2-7-16-32/h2-13,15-22,27,36-37,39,41-44,46,51,55H,14,23-26,28-31H2,1H3/t36-,37+,39-,41-,42-,43+,44+,46+,48+/m1/s1. The number of nitrogens with zero attached hydrogens (tertiary/aromatic N) is 1. The highest BCUT2D eigenvalue weighted by molar-refractivity contribution is 9.11. The molecule has 0 saturated carbocycles. The minimum Gasteiger partial charge on any atom is -0.447 e. The number of hydrogen-bond donors (Lipinski definition) is 2. The Morgan fingerprint density at radius 2 is 1.37 bits per heavy atom.